The molecule has 0 unspecified atom stereocenters. The van der Waals surface area contributed by atoms with Crippen LogP contribution in [0.15, 0.2) is 30.5 Å². The van der Waals surface area contributed by atoms with Crippen molar-refractivity contribution in [3.8, 4) is 5.75 Å². The lowest BCUT2D eigenvalue weighted by Gasteiger charge is -2.21. The summed E-state index contributed by atoms with van der Waals surface area (Å²) in [5.41, 5.74) is 7.31. The largest absolute Gasteiger partial charge is 0.415 e. The zero-order valence-electron chi connectivity index (χ0n) is 18.1. The number of aldehydes is 1. The standard InChI is InChI=1S/C22H30N6O3/c1-3-27(4-2)21-24-14-19(23)20(26-21)25-17(15-29)13-16-7-9-18(10-8-16)31-22(30)28-11-5-6-12-28/h7-10,14-15,17H,3-6,11-13,23H2,1-2H3,(H,24,25,26)/t17-/m0/s1. The van der Waals surface area contributed by atoms with Gasteiger partial charge in [0.05, 0.1) is 17.9 Å². The van der Waals surface area contributed by atoms with E-state index in [-0.39, 0.29) is 6.09 Å². The molecule has 1 aliphatic rings. The van der Waals surface area contributed by atoms with E-state index >= 15 is 0 Å². The number of nitrogens with two attached hydrogens (primary N) is 1. The minimum Gasteiger partial charge on any atom is -0.410 e. The van der Waals surface area contributed by atoms with Crippen molar-refractivity contribution in [2.45, 2.75) is 39.2 Å². The lowest BCUT2D eigenvalue weighted by Crippen LogP contribution is -2.30. The number of anilines is 3. The first kappa shape index (κ1) is 22.3. The minimum absolute atomic E-state index is 0.319. The van der Waals surface area contributed by atoms with Gasteiger partial charge in [0.1, 0.15) is 12.0 Å². The molecule has 0 radical (unpaired) electrons. The van der Waals surface area contributed by atoms with E-state index in [1.54, 1.807) is 23.2 Å². The average molecular weight is 427 g/mol. The van der Waals surface area contributed by atoms with Crippen LogP contribution in [-0.2, 0) is 11.2 Å². The van der Waals surface area contributed by atoms with Crippen LogP contribution in [0.1, 0.15) is 32.3 Å². The molecule has 1 aliphatic heterocycles. The van der Waals surface area contributed by atoms with Crippen molar-refractivity contribution in [1.82, 2.24) is 14.9 Å². The Morgan fingerprint density at radius 2 is 1.94 bits per heavy atom. The van der Waals surface area contributed by atoms with Crippen LogP contribution >= 0.6 is 0 Å². The number of likely N-dealkylation sites (tertiary alicyclic amines) is 1. The van der Waals surface area contributed by atoms with Gasteiger partial charge in [-0.2, -0.15) is 4.98 Å². The number of amides is 1. The first-order valence-electron chi connectivity index (χ1n) is 10.7. The highest BCUT2D eigenvalue weighted by Crippen LogP contribution is 2.21. The Morgan fingerprint density at radius 1 is 1.26 bits per heavy atom. The molecule has 1 amide bonds. The second-order valence-corrected chi connectivity index (χ2v) is 7.44. The SMILES string of the molecule is CCN(CC)c1ncc(N)c(N[C@H](C=O)Cc2ccc(OC(=O)N3CCCC3)cc2)n1. The molecule has 9 nitrogen and oxygen atoms in total. The van der Waals surface area contributed by atoms with E-state index in [1.165, 1.54) is 0 Å². The van der Waals surface area contributed by atoms with Gasteiger partial charge in [-0.25, -0.2) is 9.78 Å². The van der Waals surface area contributed by atoms with Crippen LogP contribution in [-0.4, -0.2) is 59.5 Å². The van der Waals surface area contributed by atoms with Crippen molar-refractivity contribution >= 4 is 29.8 Å². The molecule has 9 heteroatoms. The van der Waals surface area contributed by atoms with E-state index in [4.69, 9.17) is 10.5 Å². The number of rotatable bonds is 9. The van der Waals surface area contributed by atoms with Gasteiger partial charge >= 0.3 is 6.09 Å². The number of hydrogen-bond donors (Lipinski definition) is 2. The summed E-state index contributed by atoms with van der Waals surface area (Å²) in [7, 11) is 0. The van der Waals surface area contributed by atoms with Crippen LogP contribution in [0, 0.1) is 0 Å². The maximum absolute atomic E-state index is 12.1. The third-order valence-corrected chi connectivity index (χ3v) is 5.29. The predicted octanol–water partition coefficient (Wildman–Crippen LogP) is 2.72. The third kappa shape index (κ3) is 5.84. The van der Waals surface area contributed by atoms with E-state index < -0.39 is 6.04 Å². The van der Waals surface area contributed by atoms with Crippen molar-refractivity contribution < 1.29 is 14.3 Å². The average Bonchev–Trinajstić information content (AvgIpc) is 3.32. The van der Waals surface area contributed by atoms with Crippen LogP contribution < -0.4 is 20.7 Å². The summed E-state index contributed by atoms with van der Waals surface area (Å²) < 4.78 is 5.42. The molecule has 0 saturated carbocycles. The first-order valence-corrected chi connectivity index (χ1v) is 10.7. The van der Waals surface area contributed by atoms with E-state index in [0.29, 0.717) is 29.6 Å². The predicted molar refractivity (Wildman–Crippen MR) is 120 cm³/mol. The van der Waals surface area contributed by atoms with Crippen molar-refractivity contribution in [1.29, 1.82) is 0 Å². The minimum atomic E-state index is -0.514. The number of aromatic nitrogens is 2. The number of benzene rings is 1. The lowest BCUT2D eigenvalue weighted by atomic mass is 10.1. The number of ether oxygens (including phenoxy) is 1. The van der Waals surface area contributed by atoms with Crippen molar-refractivity contribution in [2.24, 2.45) is 0 Å². The number of nitrogen functional groups attached to an aromatic ring is 1. The van der Waals surface area contributed by atoms with E-state index in [9.17, 15) is 9.59 Å². The smallest absolute Gasteiger partial charge is 0.410 e. The fraction of sp³-hybridized carbons (Fsp3) is 0.455. The second-order valence-electron chi connectivity index (χ2n) is 7.44. The zero-order chi connectivity index (χ0) is 22.2. The third-order valence-electron chi connectivity index (χ3n) is 5.29. The molecule has 1 atom stereocenters. The maximum Gasteiger partial charge on any atom is 0.415 e. The van der Waals surface area contributed by atoms with Crippen molar-refractivity contribution in [3.63, 3.8) is 0 Å². The lowest BCUT2D eigenvalue weighted by molar-refractivity contribution is -0.108. The fourth-order valence-corrected chi connectivity index (χ4v) is 3.48. The normalized spacial score (nSPS) is 14.2. The number of hydrogen-bond acceptors (Lipinski definition) is 8. The Labute approximate surface area is 182 Å². The Balaban J connectivity index is 1.62. The fourth-order valence-electron chi connectivity index (χ4n) is 3.48. The van der Waals surface area contributed by atoms with Gasteiger partial charge in [-0.15, -0.1) is 0 Å². The van der Waals surface area contributed by atoms with Crippen LogP contribution in [0.25, 0.3) is 0 Å². The molecule has 1 fully saturated rings. The highest BCUT2D eigenvalue weighted by atomic mass is 16.6. The monoisotopic (exact) mass is 426 g/mol. The van der Waals surface area contributed by atoms with Crippen molar-refractivity contribution in [3.05, 3.63) is 36.0 Å². The molecule has 3 rings (SSSR count). The van der Waals surface area contributed by atoms with Gasteiger partial charge in [-0.05, 0) is 50.8 Å². The van der Waals surface area contributed by atoms with Gasteiger partial charge in [-0.3, -0.25) is 0 Å². The summed E-state index contributed by atoms with van der Waals surface area (Å²) in [6.07, 6.45) is 4.53. The zero-order valence-corrected chi connectivity index (χ0v) is 18.1. The molecule has 31 heavy (non-hydrogen) atoms. The summed E-state index contributed by atoms with van der Waals surface area (Å²) in [4.78, 5) is 36.3. The molecule has 2 heterocycles. The summed E-state index contributed by atoms with van der Waals surface area (Å²) in [5.74, 6) is 1.49. The molecule has 1 saturated heterocycles. The summed E-state index contributed by atoms with van der Waals surface area (Å²) in [5, 5.41) is 3.11. The van der Waals surface area contributed by atoms with Gasteiger partial charge < -0.3 is 30.4 Å². The number of carbonyl (C=O) groups excluding carboxylic acids is 2. The maximum atomic E-state index is 12.1. The highest BCUT2D eigenvalue weighted by molar-refractivity contribution is 5.71. The Morgan fingerprint density at radius 3 is 2.55 bits per heavy atom. The molecule has 0 spiro atoms. The molecule has 3 N–H and O–H groups in total. The van der Waals surface area contributed by atoms with E-state index in [0.717, 1.165) is 50.9 Å². The van der Waals surface area contributed by atoms with Gasteiger partial charge in [-0.1, -0.05) is 12.1 Å². The molecule has 1 aromatic carbocycles. The molecule has 166 valence electrons. The summed E-state index contributed by atoms with van der Waals surface area (Å²) in [6.45, 7) is 7.07. The molecular formula is C22H30N6O3. The topological polar surface area (TPSA) is 114 Å². The van der Waals surface area contributed by atoms with Crippen LogP contribution in [0.3, 0.4) is 0 Å². The van der Waals surface area contributed by atoms with Crippen LogP contribution in [0.5, 0.6) is 5.75 Å². The number of carbonyl (C=O) groups is 2. The van der Waals surface area contributed by atoms with Gasteiger partial charge in [0.25, 0.3) is 0 Å². The van der Waals surface area contributed by atoms with Gasteiger partial charge in [0.2, 0.25) is 5.95 Å². The van der Waals surface area contributed by atoms with Crippen LogP contribution in [0.2, 0.25) is 0 Å². The van der Waals surface area contributed by atoms with Gasteiger partial charge in [0.15, 0.2) is 5.82 Å². The van der Waals surface area contributed by atoms with Crippen LogP contribution in [0.4, 0.5) is 22.2 Å². The molecule has 2 aromatic rings. The molecule has 0 bridgehead atoms. The molecule has 1 aromatic heterocycles. The first-order chi connectivity index (χ1) is 15.0. The molecular weight excluding hydrogens is 396 g/mol. The quantitative estimate of drug-likeness (QED) is 0.589. The number of nitrogens with zero attached hydrogens (tertiary/aromatic N) is 4. The van der Waals surface area contributed by atoms with Gasteiger partial charge in [0, 0.05) is 26.2 Å². The summed E-state index contributed by atoms with van der Waals surface area (Å²) in [6, 6.07) is 6.65. The van der Waals surface area contributed by atoms with Crippen molar-refractivity contribution in [2.75, 3.05) is 42.1 Å². The Bertz CT molecular complexity index is 879. The highest BCUT2D eigenvalue weighted by Gasteiger charge is 2.20. The van der Waals surface area contributed by atoms with E-state index in [1.807, 2.05) is 30.9 Å². The second kappa shape index (κ2) is 10.6. The number of nitrogens with one attached hydrogen (secondary N) is 1. The Kier molecular flexibility index (Phi) is 7.64. The van der Waals surface area contributed by atoms with E-state index in [2.05, 4.69) is 15.3 Å². The summed E-state index contributed by atoms with van der Waals surface area (Å²) >= 11 is 0. The molecule has 0 aliphatic carbocycles. The Hall–Kier alpha value is -3.36.